The Hall–Kier alpha value is -1.95. The topological polar surface area (TPSA) is 98.3 Å². The second-order valence-corrected chi connectivity index (χ2v) is 4.01. The predicted octanol–water partition coefficient (Wildman–Crippen LogP) is 1.37. The van der Waals surface area contributed by atoms with E-state index in [0.29, 0.717) is 24.2 Å². The van der Waals surface area contributed by atoms with Crippen molar-refractivity contribution in [2.24, 2.45) is 5.73 Å². The van der Waals surface area contributed by atoms with Crippen LogP contribution >= 0.6 is 0 Å². The third kappa shape index (κ3) is 3.81. The van der Waals surface area contributed by atoms with Crippen molar-refractivity contribution < 1.29 is 9.72 Å². The number of nitrogens with one attached hydrogen (secondary N) is 1. The standard InChI is InChI=1S/C12H17N3O3/c1-9-8-10(15(17)18)4-5-11(9)12(16)14-7-3-2-6-13/h4-5,8H,2-3,6-7,13H2,1H3,(H,14,16). The van der Waals surface area contributed by atoms with Crippen molar-refractivity contribution in [2.45, 2.75) is 19.8 Å². The van der Waals surface area contributed by atoms with Crippen molar-refractivity contribution in [3.8, 4) is 0 Å². The summed E-state index contributed by atoms with van der Waals surface area (Å²) >= 11 is 0. The van der Waals surface area contributed by atoms with Gasteiger partial charge in [-0.05, 0) is 37.9 Å². The number of amides is 1. The van der Waals surface area contributed by atoms with Gasteiger partial charge in [-0.25, -0.2) is 0 Å². The highest BCUT2D eigenvalue weighted by molar-refractivity contribution is 5.95. The van der Waals surface area contributed by atoms with Crippen LogP contribution in [0, 0.1) is 17.0 Å². The molecule has 0 aliphatic carbocycles. The first-order valence-corrected chi connectivity index (χ1v) is 5.79. The summed E-state index contributed by atoms with van der Waals surface area (Å²) in [6.45, 7) is 2.85. The number of carbonyl (C=O) groups excluding carboxylic acids is 1. The third-order valence-corrected chi connectivity index (χ3v) is 2.58. The second-order valence-electron chi connectivity index (χ2n) is 4.01. The van der Waals surface area contributed by atoms with Crippen LogP contribution < -0.4 is 11.1 Å². The number of aryl methyl sites for hydroxylation is 1. The van der Waals surface area contributed by atoms with Gasteiger partial charge >= 0.3 is 0 Å². The van der Waals surface area contributed by atoms with Crippen molar-refractivity contribution in [3.63, 3.8) is 0 Å². The molecule has 0 bridgehead atoms. The Morgan fingerprint density at radius 1 is 1.44 bits per heavy atom. The number of carbonyl (C=O) groups is 1. The molecule has 1 rings (SSSR count). The lowest BCUT2D eigenvalue weighted by Gasteiger charge is -2.07. The van der Waals surface area contributed by atoms with E-state index < -0.39 is 4.92 Å². The number of unbranched alkanes of at least 4 members (excludes halogenated alkanes) is 1. The summed E-state index contributed by atoms with van der Waals surface area (Å²) in [5.74, 6) is -0.209. The van der Waals surface area contributed by atoms with Gasteiger partial charge in [0.1, 0.15) is 0 Å². The molecule has 0 fully saturated rings. The zero-order chi connectivity index (χ0) is 13.5. The Labute approximate surface area is 105 Å². The monoisotopic (exact) mass is 251 g/mol. The van der Waals surface area contributed by atoms with Gasteiger partial charge in [0.15, 0.2) is 0 Å². The summed E-state index contributed by atoms with van der Waals surface area (Å²) in [4.78, 5) is 21.9. The van der Waals surface area contributed by atoms with Gasteiger partial charge in [-0.3, -0.25) is 14.9 Å². The van der Waals surface area contributed by atoms with Crippen LogP contribution in [0.25, 0.3) is 0 Å². The van der Waals surface area contributed by atoms with Gasteiger partial charge in [-0.1, -0.05) is 0 Å². The minimum absolute atomic E-state index is 0.00724. The van der Waals surface area contributed by atoms with Crippen LogP contribution in [0.5, 0.6) is 0 Å². The number of hydrogen-bond acceptors (Lipinski definition) is 4. The highest BCUT2D eigenvalue weighted by Crippen LogP contribution is 2.16. The van der Waals surface area contributed by atoms with Gasteiger partial charge in [-0.2, -0.15) is 0 Å². The Balaban J connectivity index is 2.66. The third-order valence-electron chi connectivity index (χ3n) is 2.58. The maximum absolute atomic E-state index is 11.8. The maximum atomic E-state index is 11.8. The van der Waals surface area contributed by atoms with Crippen molar-refractivity contribution >= 4 is 11.6 Å². The van der Waals surface area contributed by atoms with E-state index in [0.717, 1.165) is 12.8 Å². The minimum Gasteiger partial charge on any atom is -0.352 e. The summed E-state index contributed by atoms with van der Waals surface area (Å²) in [6.07, 6.45) is 1.69. The fourth-order valence-electron chi connectivity index (χ4n) is 1.58. The van der Waals surface area contributed by atoms with E-state index in [1.807, 2.05) is 0 Å². The first-order valence-electron chi connectivity index (χ1n) is 5.79. The lowest BCUT2D eigenvalue weighted by atomic mass is 10.1. The zero-order valence-corrected chi connectivity index (χ0v) is 10.3. The molecule has 0 heterocycles. The molecular formula is C12H17N3O3. The molecule has 3 N–H and O–H groups in total. The van der Waals surface area contributed by atoms with Crippen LogP contribution in [-0.4, -0.2) is 23.9 Å². The molecule has 6 heteroatoms. The van der Waals surface area contributed by atoms with E-state index in [2.05, 4.69) is 5.32 Å². The van der Waals surface area contributed by atoms with Crippen LogP contribution in [-0.2, 0) is 0 Å². The molecule has 0 atom stereocenters. The number of nitrogens with two attached hydrogens (primary N) is 1. The van der Waals surface area contributed by atoms with Gasteiger partial charge in [0.2, 0.25) is 0 Å². The molecule has 1 amide bonds. The van der Waals surface area contributed by atoms with Crippen molar-refractivity contribution in [3.05, 3.63) is 39.4 Å². The van der Waals surface area contributed by atoms with Gasteiger partial charge in [0.05, 0.1) is 4.92 Å². The molecule has 0 spiro atoms. The highest BCUT2D eigenvalue weighted by Gasteiger charge is 2.12. The number of hydrogen-bond donors (Lipinski definition) is 2. The number of benzene rings is 1. The zero-order valence-electron chi connectivity index (χ0n) is 10.3. The van der Waals surface area contributed by atoms with Crippen molar-refractivity contribution in [1.82, 2.24) is 5.32 Å². The number of nitro benzene ring substituents is 1. The molecule has 98 valence electrons. The second kappa shape index (κ2) is 6.70. The summed E-state index contributed by atoms with van der Waals surface area (Å²) in [7, 11) is 0. The molecule has 1 aromatic rings. The maximum Gasteiger partial charge on any atom is 0.269 e. The SMILES string of the molecule is Cc1cc([N+](=O)[O-])ccc1C(=O)NCCCCN. The molecule has 18 heavy (non-hydrogen) atoms. The number of rotatable bonds is 6. The van der Waals surface area contributed by atoms with E-state index in [1.165, 1.54) is 18.2 Å². The Kier molecular flexibility index (Phi) is 5.26. The highest BCUT2D eigenvalue weighted by atomic mass is 16.6. The van der Waals surface area contributed by atoms with Crippen LogP contribution in [0.3, 0.4) is 0 Å². The average Bonchev–Trinajstić information content (AvgIpc) is 2.34. The van der Waals surface area contributed by atoms with E-state index >= 15 is 0 Å². The lowest BCUT2D eigenvalue weighted by molar-refractivity contribution is -0.384. The number of nitrogens with zero attached hydrogens (tertiary/aromatic N) is 1. The molecule has 0 unspecified atom stereocenters. The molecule has 0 saturated heterocycles. The summed E-state index contributed by atoms with van der Waals surface area (Å²) in [5.41, 5.74) is 6.41. The van der Waals surface area contributed by atoms with E-state index in [4.69, 9.17) is 5.73 Å². The predicted molar refractivity (Wildman–Crippen MR) is 68.5 cm³/mol. The normalized spacial score (nSPS) is 10.1. The molecule has 0 aliphatic heterocycles. The Morgan fingerprint density at radius 2 is 2.17 bits per heavy atom. The van der Waals surface area contributed by atoms with Gasteiger partial charge in [0.25, 0.3) is 11.6 Å². The Morgan fingerprint density at radius 3 is 2.72 bits per heavy atom. The smallest absolute Gasteiger partial charge is 0.269 e. The molecule has 0 radical (unpaired) electrons. The minimum atomic E-state index is -0.476. The van der Waals surface area contributed by atoms with Crippen LogP contribution in [0.4, 0.5) is 5.69 Å². The molecule has 0 aliphatic rings. The van der Waals surface area contributed by atoms with Crippen molar-refractivity contribution in [1.29, 1.82) is 0 Å². The van der Waals surface area contributed by atoms with Crippen LogP contribution in [0.1, 0.15) is 28.8 Å². The fraction of sp³-hybridized carbons (Fsp3) is 0.417. The van der Waals surface area contributed by atoms with Crippen LogP contribution in [0.15, 0.2) is 18.2 Å². The molecule has 1 aromatic carbocycles. The molecular weight excluding hydrogens is 234 g/mol. The number of non-ortho nitro benzene ring substituents is 1. The Bertz CT molecular complexity index is 446. The summed E-state index contributed by atoms with van der Waals surface area (Å²) < 4.78 is 0. The summed E-state index contributed by atoms with van der Waals surface area (Å²) in [6, 6.07) is 4.21. The van der Waals surface area contributed by atoms with E-state index in [9.17, 15) is 14.9 Å². The van der Waals surface area contributed by atoms with Crippen molar-refractivity contribution in [2.75, 3.05) is 13.1 Å². The van der Waals surface area contributed by atoms with E-state index in [-0.39, 0.29) is 11.6 Å². The van der Waals surface area contributed by atoms with Gasteiger partial charge in [-0.15, -0.1) is 0 Å². The van der Waals surface area contributed by atoms with E-state index in [1.54, 1.807) is 6.92 Å². The summed E-state index contributed by atoms with van der Waals surface area (Å²) in [5, 5.41) is 13.3. The largest absolute Gasteiger partial charge is 0.352 e. The van der Waals surface area contributed by atoms with Gasteiger partial charge < -0.3 is 11.1 Å². The molecule has 0 aromatic heterocycles. The lowest BCUT2D eigenvalue weighted by Crippen LogP contribution is -2.25. The quantitative estimate of drug-likeness (QED) is 0.453. The first kappa shape index (κ1) is 14.1. The average molecular weight is 251 g/mol. The number of nitro groups is 1. The molecule has 0 saturated carbocycles. The molecule has 6 nitrogen and oxygen atoms in total. The van der Waals surface area contributed by atoms with Gasteiger partial charge in [0, 0.05) is 24.2 Å². The van der Waals surface area contributed by atoms with Crippen LogP contribution in [0.2, 0.25) is 0 Å². The fourth-order valence-corrected chi connectivity index (χ4v) is 1.58. The first-order chi connectivity index (χ1) is 8.56.